The molecule has 5 N–H and O–H groups in total. The highest BCUT2D eigenvalue weighted by atomic mass is 16.3. The van der Waals surface area contributed by atoms with Crippen molar-refractivity contribution in [1.29, 1.82) is 0 Å². The third kappa shape index (κ3) is 5.87. The van der Waals surface area contributed by atoms with Crippen molar-refractivity contribution in [3.05, 3.63) is 99.5 Å². The van der Waals surface area contributed by atoms with E-state index in [0.717, 1.165) is 39.7 Å². The van der Waals surface area contributed by atoms with Crippen LogP contribution in [0.4, 0.5) is 17.1 Å². The SMILES string of the molecule is Cc1cc([C@@H](Nc2ccc3cc[nH]c(=O)c3c2)C(=O)N(C)Cc2cc(N)ccc2N2CCCC2=O)ccc1[C@@H](C)CO. The Labute approximate surface area is 245 Å². The molecule has 0 bridgehead atoms. The normalized spacial score (nSPS) is 14.7. The van der Waals surface area contributed by atoms with Crippen molar-refractivity contribution in [1.82, 2.24) is 9.88 Å². The summed E-state index contributed by atoms with van der Waals surface area (Å²) in [5, 5.41) is 14.4. The molecular weight excluding hydrogens is 530 g/mol. The second kappa shape index (κ2) is 12.1. The van der Waals surface area contributed by atoms with Gasteiger partial charge in [-0.05, 0) is 77.4 Å². The molecule has 1 aromatic heterocycles. The van der Waals surface area contributed by atoms with Crippen LogP contribution in [0.15, 0.2) is 71.7 Å². The molecule has 4 aromatic rings. The van der Waals surface area contributed by atoms with E-state index in [2.05, 4.69) is 10.3 Å². The number of aromatic nitrogens is 1. The molecule has 1 fully saturated rings. The van der Waals surface area contributed by atoms with Gasteiger partial charge in [0.15, 0.2) is 0 Å². The summed E-state index contributed by atoms with van der Waals surface area (Å²) < 4.78 is 0. The van der Waals surface area contributed by atoms with Gasteiger partial charge in [-0.2, -0.15) is 0 Å². The average molecular weight is 568 g/mol. The summed E-state index contributed by atoms with van der Waals surface area (Å²) in [5.41, 5.74) is 11.4. The van der Waals surface area contributed by atoms with Gasteiger partial charge in [0.05, 0.1) is 0 Å². The smallest absolute Gasteiger partial charge is 0.255 e. The minimum Gasteiger partial charge on any atom is -0.399 e. The number of hydrogen-bond donors (Lipinski definition) is 4. The van der Waals surface area contributed by atoms with E-state index in [1.807, 2.05) is 62.4 Å². The molecule has 5 rings (SSSR count). The predicted molar refractivity (Wildman–Crippen MR) is 167 cm³/mol. The van der Waals surface area contributed by atoms with Gasteiger partial charge < -0.3 is 30.9 Å². The Morgan fingerprint density at radius 3 is 2.64 bits per heavy atom. The van der Waals surface area contributed by atoms with E-state index >= 15 is 0 Å². The number of nitrogens with two attached hydrogens (primary N) is 1. The molecule has 42 heavy (non-hydrogen) atoms. The van der Waals surface area contributed by atoms with Gasteiger partial charge in [-0.1, -0.05) is 31.2 Å². The van der Waals surface area contributed by atoms with Crippen LogP contribution in [0.2, 0.25) is 0 Å². The molecule has 0 aliphatic carbocycles. The summed E-state index contributed by atoms with van der Waals surface area (Å²) in [7, 11) is 1.73. The summed E-state index contributed by atoms with van der Waals surface area (Å²) in [5.74, 6) is -0.166. The molecule has 1 saturated heterocycles. The highest BCUT2D eigenvalue weighted by Gasteiger charge is 2.28. The minimum atomic E-state index is -0.773. The number of hydrogen-bond acceptors (Lipinski definition) is 6. The van der Waals surface area contributed by atoms with E-state index in [-0.39, 0.29) is 36.4 Å². The number of aromatic amines is 1. The molecule has 3 aromatic carbocycles. The number of pyridine rings is 1. The monoisotopic (exact) mass is 567 g/mol. The fourth-order valence-corrected chi connectivity index (χ4v) is 5.71. The maximum absolute atomic E-state index is 14.2. The molecule has 2 heterocycles. The van der Waals surface area contributed by atoms with Crippen molar-refractivity contribution in [2.45, 2.75) is 45.2 Å². The lowest BCUT2D eigenvalue weighted by atomic mass is 9.93. The van der Waals surface area contributed by atoms with Crippen LogP contribution < -0.4 is 21.5 Å². The molecule has 9 heteroatoms. The molecule has 2 amide bonds. The fourth-order valence-electron chi connectivity index (χ4n) is 5.71. The van der Waals surface area contributed by atoms with Gasteiger partial charge in [-0.15, -0.1) is 0 Å². The number of nitrogens with one attached hydrogen (secondary N) is 2. The lowest BCUT2D eigenvalue weighted by Crippen LogP contribution is -2.36. The zero-order valence-corrected chi connectivity index (χ0v) is 24.2. The first kappa shape index (κ1) is 28.9. The van der Waals surface area contributed by atoms with Gasteiger partial charge in [0.25, 0.3) is 5.56 Å². The summed E-state index contributed by atoms with van der Waals surface area (Å²) in [6, 6.07) is 17.8. The topological polar surface area (TPSA) is 132 Å². The highest BCUT2D eigenvalue weighted by molar-refractivity contribution is 5.96. The van der Waals surface area contributed by atoms with E-state index in [1.54, 1.807) is 35.2 Å². The number of nitrogen functional groups attached to an aromatic ring is 1. The predicted octanol–water partition coefficient (Wildman–Crippen LogP) is 4.45. The fraction of sp³-hybridized carbons (Fsp3) is 0.303. The molecule has 0 spiro atoms. The number of aliphatic hydroxyl groups is 1. The van der Waals surface area contributed by atoms with Crippen molar-refractivity contribution in [3.8, 4) is 0 Å². The van der Waals surface area contributed by atoms with Gasteiger partial charge in [-0.25, -0.2) is 0 Å². The molecule has 0 saturated carbocycles. The number of carbonyl (C=O) groups excluding carboxylic acids is 2. The summed E-state index contributed by atoms with van der Waals surface area (Å²) in [6.07, 6.45) is 2.91. The minimum absolute atomic E-state index is 0.0250. The maximum atomic E-state index is 14.2. The van der Waals surface area contributed by atoms with E-state index < -0.39 is 6.04 Å². The second-order valence-corrected chi connectivity index (χ2v) is 11.1. The summed E-state index contributed by atoms with van der Waals surface area (Å²) in [6.45, 7) is 4.83. The number of rotatable bonds is 9. The van der Waals surface area contributed by atoms with Gasteiger partial charge in [0, 0.05) is 67.7 Å². The van der Waals surface area contributed by atoms with Crippen LogP contribution in [0.25, 0.3) is 10.8 Å². The number of H-pyrrole nitrogens is 1. The number of nitrogens with zero attached hydrogens (tertiary/aromatic N) is 2. The Morgan fingerprint density at radius 2 is 1.93 bits per heavy atom. The number of likely N-dealkylation sites (N-methyl/N-ethyl adjacent to an activating group) is 1. The van der Waals surface area contributed by atoms with Gasteiger partial charge in [0.1, 0.15) is 6.04 Å². The number of fused-ring (bicyclic) bond motifs is 1. The lowest BCUT2D eigenvalue weighted by Gasteiger charge is -2.28. The van der Waals surface area contributed by atoms with Crippen LogP contribution in [-0.2, 0) is 16.1 Å². The lowest BCUT2D eigenvalue weighted by molar-refractivity contribution is -0.131. The zero-order valence-electron chi connectivity index (χ0n) is 24.2. The van der Waals surface area contributed by atoms with Crippen molar-refractivity contribution in [3.63, 3.8) is 0 Å². The number of aliphatic hydroxyl groups excluding tert-OH is 1. The molecule has 218 valence electrons. The van der Waals surface area contributed by atoms with Gasteiger partial charge in [0.2, 0.25) is 11.8 Å². The maximum Gasteiger partial charge on any atom is 0.255 e. The second-order valence-electron chi connectivity index (χ2n) is 11.1. The molecular formula is C33H37N5O4. The Kier molecular flexibility index (Phi) is 8.31. The third-order valence-corrected chi connectivity index (χ3v) is 8.02. The third-order valence-electron chi connectivity index (χ3n) is 8.02. The Bertz CT molecular complexity index is 1700. The number of amides is 2. The van der Waals surface area contributed by atoms with Gasteiger partial charge in [-0.3, -0.25) is 14.4 Å². The van der Waals surface area contributed by atoms with Crippen LogP contribution in [0.1, 0.15) is 54.0 Å². The summed E-state index contributed by atoms with van der Waals surface area (Å²) in [4.78, 5) is 45.3. The molecule has 1 aliphatic heterocycles. The van der Waals surface area contributed by atoms with Crippen LogP contribution in [0.3, 0.4) is 0 Å². The molecule has 0 radical (unpaired) electrons. The average Bonchev–Trinajstić information content (AvgIpc) is 3.41. The zero-order chi connectivity index (χ0) is 30.0. The number of carbonyl (C=O) groups is 2. The first-order valence-electron chi connectivity index (χ1n) is 14.2. The number of anilines is 3. The highest BCUT2D eigenvalue weighted by Crippen LogP contribution is 2.31. The molecule has 1 aliphatic rings. The largest absolute Gasteiger partial charge is 0.399 e. The van der Waals surface area contributed by atoms with E-state index in [4.69, 9.17) is 5.73 Å². The number of benzene rings is 3. The van der Waals surface area contributed by atoms with E-state index in [1.165, 1.54) is 0 Å². The van der Waals surface area contributed by atoms with Crippen molar-refractivity contribution in [2.75, 3.05) is 36.1 Å². The standard InChI is InChI=1S/C33H37N5O4/c1-20-15-23(7-10-27(20)21(2)19-39)31(36-26-9-6-22-12-13-35-32(41)28(22)17-26)33(42)37(3)18-24-16-25(34)8-11-29(24)38-14-4-5-30(38)40/h6-13,15-17,21,31,36,39H,4-5,14,18-19,34H2,1-3H3,(H,35,41)/t21-,31+/m0/s1. The van der Waals surface area contributed by atoms with Crippen LogP contribution in [0.5, 0.6) is 0 Å². The van der Waals surface area contributed by atoms with Crippen molar-refractivity contribution in [2.24, 2.45) is 0 Å². The van der Waals surface area contributed by atoms with Crippen LogP contribution in [-0.4, -0.2) is 47.0 Å². The quantitative estimate of drug-likeness (QED) is 0.221. The van der Waals surface area contributed by atoms with E-state index in [0.29, 0.717) is 29.7 Å². The molecule has 2 atom stereocenters. The van der Waals surface area contributed by atoms with Crippen molar-refractivity contribution >= 4 is 39.6 Å². The Balaban J connectivity index is 1.50. The Morgan fingerprint density at radius 1 is 1.12 bits per heavy atom. The Hall–Kier alpha value is -4.63. The summed E-state index contributed by atoms with van der Waals surface area (Å²) >= 11 is 0. The number of aryl methyl sites for hydroxylation is 1. The van der Waals surface area contributed by atoms with Crippen LogP contribution >= 0.6 is 0 Å². The van der Waals surface area contributed by atoms with Crippen LogP contribution in [0, 0.1) is 6.92 Å². The van der Waals surface area contributed by atoms with Crippen molar-refractivity contribution < 1.29 is 14.7 Å². The molecule has 0 unspecified atom stereocenters. The van der Waals surface area contributed by atoms with Gasteiger partial charge >= 0.3 is 0 Å². The molecule has 9 nitrogen and oxygen atoms in total. The van der Waals surface area contributed by atoms with E-state index in [9.17, 15) is 19.5 Å². The first-order valence-corrected chi connectivity index (χ1v) is 14.2. The first-order chi connectivity index (χ1) is 20.2.